The number of anilines is 1. The Morgan fingerprint density at radius 3 is 3.00 bits per heavy atom. The summed E-state index contributed by atoms with van der Waals surface area (Å²) in [5.74, 6) is 0.319. The minimum atomic E-state index is 0.319. The van der Waals surface area contributed by atoms with Crippen LogP contribution >= 0.6 is 11.3 Å². The van der Waals surface area contributed by atoms with Crippen molar-refractivity contribution in [1.82, 2.24) is 10.1 Å². The first-order valence-corrected chi connectivity index (χ1v) is 3.86. The third kappa shape index (κ3) is 0.988. The van der Waals surface area contributed by atoms with E-state index in [4.69, 9.17) is 5.73 Å². The summed E-state index contributed by atoms with van der Waals surface area (Å²) in [5, 5.41) is 6.26. The molecule has 0 aromatic carbocycles. The number of rotatable bonds is 1. The number of hydrogen-bond donors (Lipinski definition) is 1. The molecule has 0 aliphatic heterocycles. The zero-order chi connectivity index (χ0) is 7.68. The fourth-order valence-electron chi connectivity index (χ4n) is 0.766. The predicted molar refractivity (Wildman–Crippen MR) is 42.0 cm³/mol. The van der Waals surface area contributed by atoms with Crippen molar-refractivity contribution in [2.24, 2.45) is 0 Å². The predicted octanol–water partition coefficient (Wildman–Crippen LogP) is 1.38. The molecule has 0 unspecified atom stereocenters. The molecule has 2 heterocycles. The molecule has 0 aliphatic carbocycles. The molecule has 5 heteroatoms. The molecule has 4 nitrogen and oxygen atoms in total. The third-order valence-electron chi connectivity index (χ3n) is 1.26. The van der Waals surface area contributed by atoms with E-state index in [2.05, 4.69) is 14.7 Å². The van der Waals surface area contributed by atoms with Crippen molar-refractivity contribution >= 4 is 17.2 Å². The first-order valence-electron chi connectivity index (χ1n) is 2.98. The molecule has 2 N–H and O–H groups in total. The molecule has 0 atom stereocenters. The van der Waals surface area contributed by atoms with Crippen molar-refractivity contribution in [1.29, 1.82) is 0 Å². The van der Waals surface area contributed by atoms with E-state index in [-0.39, 0.29) is 0 Å². The van der Waals surface area contributed by atoms with Crippen LogP contribution in [-0.2, 0) is 0 Å². The molecule has 0 radical (unpaired) electrons. The molecule has 2 rings (SSSR count). The van der Waals surface area contributed by atoms with Gasteiger partial charge in [0.15, 0.2) is 0 Å². The summed E-state index contributed by atoms with van der Waals surface area (Å²) in [4.78, 5) is 4.06. The largest absolute Gasteiger partial charge is 0.367 e. The van der Waals surface area contributed by atoms with E-state index >= 15 is 0 Å². The second-order valence-corrected chi connectivity index (χ2v) is 2.84. The highest BCUT2D eigenvalue weighted by Crippen LogP contribution is 2.26. The maximum Gasteiger partial charge on any atom is 0.232 e. The minimum absolute atomic E-state index is 0.319. The summed E-state index contributed by atoms with van der Waals surface area (Å²) < 4.78 is 4.68. The molecular weight excluding hydrogens is 162 g/mol. The molecule has 0 fully saturated rings. The van der Waals surface area contributed by atoms with Crippen molar-refractivity contribution in [2.45, 2.75) is 0 Å². The maximum absolute atomic E-state index is 5.47. The average molecular weight is 167 g/mol. The summed E-state index contributed by atoms with van der Waals surface area (Å²) in [5.41, 5.74) is 6.23. The lowest BCUT2D eigenvalue weighted by Gasteiger charge is -1.86. The van der Waals surface area contributed by atoms with Crippen molar-refractivity contribution in [3.05, 3.63) is 17.8 Å². The molecule has 2 aromatic rings. The van der Waals surface area contributed by atoms with Gasteiger partial charge >= 0.3 is 0 Å². The number of nitrogens with two attached hydrogens (primary N) is 1. The van der Waals surface area contributed by atoms with E-state index < -0.39 is 0 Å². The molecule has 0 saturated carbocycles. The molecule has 56 valence electrons. The van der Waals surface area contributed by atoms with Gasteiger partial charge in [-0.2, -0.15) is 0 Å². The molecule has 0 bridgehead atoms. The highest BCUT2D eigenvalue weighted by molar-refractivity contribution is 7.13. The first-order chi connectivity index (χ1) is 5.38. The van der Waals surface area contributed by atoms with Gasteiger partial charge in [-0.25, -0.2) is 4.98 Å². The van der Waals surface area contributed by atoms with E-state index in [0.717, 1.165) is 10.6 Å². The van der Waals surface area contributed by atoms with Gasteiger partial charge in [-0.3, -0.25) is 0 Å². The molecule has 0 spiro atoms. The Labute approximate surface area is 66.7 Å². The van der Waals surface area contributed by atoms with Gasteiger partial charge in [0.05, 0.1) is 11.8 Å². The lowest BCUT2D eigenvalue weighted by molar-refractivity contribution is 0.436. The second kappa shape index (κ2) is 2.35. The standard InChI is InChI=1S/C6H5N3OS/c7-5-4(3-9-10-5)6-8-1-2-11-6/h1-3H,7H2. The van der Waals surface area contributed by atoms with Crippen LogP contribution in [-0.4, -0.2) is 10.1 Å². The topological polar surface area (TPSA) is 64.9 Å². The van der Waals surface area contributed by atoms with Crippen LogP contribution in [0.1, 0.15) is 0 Å². The highest BCUT2D eigenvalue weighted by atomic mass is 32.1. The van der Waals surface area contributed by atoms with Crippen LogP contribution in [0.25, 0.3) is 10.6 Å². The van der Waals surface area contributed by atoms with Gasteiger partial charge in [0.1, 0.15) is 5.01 Å². The van der Waals surface area contributed by atoms with Crippen LogP contribution < -0.4 is 5.73 Å². The molecule has 2 aromatic heterocycles. The molecule has 0 amide bonds. The number of thiazole rings is 1. The lowest BCUT2D eigenvalue weighted by atomic mass is 10.3. The molecular formula is C6H5N3OS. The molecule has 11 heavy (non-hydrogen) atoms. The number of hydrogen-bond acceptors (Lipinski definition) is 5. The zero-order valence-corrected chi connectivity index (χ0v) is 6.34. The van der Waals surface area contributed by atoms with E-state index in [9.17, 15) is 0 Å². The SMILES string of the molecule is Nc1oncc1-c1nccs1. The Hall–Kier alpha value is -1.36. The summed E-state index contributed by atoms with van der Waals surface area (Å²) in [6.07, 6.45) is 3.28. The Morgan fingerprint density at radius 2 is 2.45 bits per heavy atom. The first kappa shape index (κ1) is 6.36. The van der Waals surface area contributed by atoms with Gasteiger partial charge in [-0.1, -0.05) is 5.16 Å². The van der Waals surface area contributed by atoms with Gasteiger partial charge < -0.3 is 10.3 Å². The van der Waals surface area contributed by atoms with Gasteiger partial charge in [-0.05, 0) is 0 Å². The van der Waals surface area contributed by atoms with E-state index in [1.807, 2.05) is 5.38 Å². The van der Waals surface area contributed by atoms with Gasteiger partial charge in [0, 0.05) is 11.6 Å². The second-order valence-electron chi connectivity index (χ2n) is 1.94. The van der Waals surface area contributed by atoms with Crippen molar-refractivity contribution < 1.29 is 4.52 Å². The fourth-order valence-corrected chi connectivity index (χ4v) is 1.42. The Bertz CT molecular complexity index is 340. The number of aromatic nitrogens is 2. The van der Waals surface area contributed by atoms with Crippen molar-refractivity contribution in [3.63, 3.8) is 0 Å². The van der Waals surface area contributed by atoms with Crippen molar-refractivity contribution in [2.75, 3.05) is 5.73 Å². The summed E-state index contributed by atoms with van der Waals surface area (Å²) in [7, 11) is 0. The molecule has 0 saturated heterocycles. The Balaban J connectivity index is 2.53. The van der Waals surface area contributed by atoms with Crippen LogP contribution in [0.15, 0.2) is 22.3 Å². The van der Waals surface area contributed by atoms with Crippen LogP contribution in [0.4, 0.5) is 5.88 Å². The Kier molecular flexibility index (Phi) is 1.36. The average Bonchev–Trinajstić information content (AvgIpc) is 2.55. The minimum Gasteiger partial charge on any atom is -0.367 e. The zero-order valence-electron chi connectivity index (χ0n) is 5.52. The monoisotopic (exact) mass is 167 g/mol. The normalized spacial score (nSPS) is 10.2. The smallest absolute Gasteiger partial charge is 0.232 e. The van der Waals surface area contributed by atoms with Gasteiger partial charge in [0.25, 0.3) is 0 Å². The van der Waals surface area contributed by atoms with Gasteiger partial charge in [0.2, 0.25) is 5.88 Å². The summed E-state index contributed by atoms with van der Waals surface area (Å²) in [6.45, 7) is 0. The maximum atomic E-state index is 5.47. The van der Waals surface area contributed by atoms with Crippen LogP contribution in [0.5, 0.6) is 0 Å². The van der Waals surface area contributed by atoms with Crippen LogP contribution in [0.3, 0.4) is 0 Å². The van der Waals surface area contributed by atoms with E-state index in [1.165, 1.54) is 11.3 Å². The van der Waals surface area contributed by atoms with Crippen molar-refractivity contribution in [3.8, 4) is 10.6 Å². The summed E-state index contributed by atoms with van der Waals surface area (Å²) >= 11 is 1.50. The lowest BCUT2D eigenvalue weighted by Crippen LogP contribution is -1.82. The third-order valence-corrected chi connectivity index (χ3v) is 2.07. The van der Waals surface area contributed by atoms with Gasteiger partial charge in [-0.15, -0.1) is 11.3 Å². The van der Waals surface area contributed by atoms with Crippen LogP contribution in [0, 0.1) is 0 Å². The Morgan fingerprint density at radius 1 is 1.55 bits per heavy atom. The number of nitrogen functional groups attached to an aromatic ring is 1. The fraction of sp³-hybridized carbons (Fsp3) is 0. The quantitative estimate of drug-likeness (QED) is 0.696. The number of nitrogens with zero attached hydrogens (tertiary/aromatic N) is 2. The van der Waals surface area contributed by atoms with Crippen LogP contribution in [0.2, 0.25) is 0 Å². The summed E-state index contributed by atoms with van der Waals surface area (Å²) in [6, 6.07) is 0. The van der Waals surface area contributed by atoms with E-state index in [1.54, 1.807) is 12.4 Å². The molecule has 0 aliphatic rings. The van der Waals surface area contributed by atoms with E-state index in [0.29, 0.717) is 5.88 Å². The highest BCUT2D eigenvalue weighted by Gasteiger charge is 2.07.